The topological polar surface area (TPSA) is 116 Å². The molecule has 31 heavy (non-hydrogen) atoms. The number of amides is 2. The van der Waals surface area contributed by atoms with Crippen LogP contribution in [0.5, 0.6) is 11.5 Å². The van der Waals surface area contributed by atoms with Crippen molar-refractivity contribution < 1.29 is 28.2 Å². The standard InChI is InChI=1S/C20H20N4O6S/c1-27-10-8-24(19(26)15-3-2-9-28-15)7-6-17(25)21-20-23-22-18(31-20)13-4-5-14-16(11-13)30-12-29-14/h2-5,9,11H,6-8,10,12H2,1H3,(H,21,23,25). The van der Waals surface area contributed by atoms with Crippen LogP contribution in [0.2, 0.25) is 0 Å². The predicted molar refractivity (Wildman–Crippen MR) is 111 cm³/mol. The Morgan fingerprint density at radius 3 is 2.87 bits per heavy atom. The average molecular weight is 444 g/mol. The van der Waals surface area contributed by atoms with Crippen molar-refractivity contribution in [3.63, 3.8) is 0 Å². The van der Waals surface area contributed by atoms with Crippen LogP contribution < -0.4 is 14.8 Å². The van der Waals surface area contributed by atoms with Gasteiger partial charge in [0.15, 0.2) is 17.3 Å². The summed E-state index contributed by atoms with van der Waals surface area (Å²) in [4.78, 5) is 26.4. The molecule has 11 heteroatoms. The van der Waals surface area contributed by atoms with Crippen molar-refractivity contribution in [2.45, 2.75) is 6.42 Å². The largest absolute Gasteiger partial charge is 0.459 e. The van der Waals surface area contributed by atoms with Crippen molar-refractivity contribution >= 4 is 28.3 Å². The van der Waals surface area contributed by atoms with Gasteiger partial charge in [0.1, 0.15) is 5.01 Å². The maximum atomic E-state index is 12.5. The van der Waals surface area contributed by atoms with E-state index >= 15 is 0 Å². The van der Waals surface area contributed by atoms with Crippen LogP contribution in [0.4, 0.5) is 5.13 Å². The van der Waals surface area contributed by atoms with Crippen molar-refractivity contribution in [1.82, 2.24) is 15.1 Å². The number of furan rings is 1. The fourth-order valence-electron chi connectivity index (χ4n) is 2.91. The summed E-state index contributed by atoms with van der Waals surface area (Å²) in [5.74, 6) is 0.979. The second kappa shape index (κ2) is 9.58. The molecule has 0 unspecified atom stereocenters. The SMILES string of the molecule is COCCN(CCC(=O)Nc1nnc(-c2ccc3c(c2)OCO3)s1)C(=O)c1ccco1. The Balaban J connectivity index is 1.34. The van der Waals surface area contributed by atoms with Gasteiger partial charge in [-0.3, -0.25) is 9.59 Å². The van der Waals surface area contributed by atoms with Crippen molar-refractivity contribution in [3.8, 4) is 22.1 Å². The Labute approximate surface area is 181 Å². The molecule has 0 radical (unpaired) electrons. The number of nitrogens with zero attached hydrogens (tertiary/aromatic N) is 3. The third kappa shape index (κ3) is 5.01. The van der Waals surface area contributed by atoms with Crippen LogP contribution in [0.15, 0.2) is 41.0 Å². The van der Waals surface area contributed by atoms with E-state index in [1.807, 2.05) is 18.2 Å². The Morgan fingerprint density at radius 1 is 1.19 bits per heavy atom. The van der Waals surface area contributed by atoms with Gasteiger partial charge in [-0.05, 0) is 30.3 Å². The summed E-state index contributed by atoms with van der Waals surface area (Å²) in [6.45, 7) is 1.10. The lowest BCUT2D eigenvalue weighted by Gasteiger charge is -2.20. The summed E-state index contributed by atoms with van der Waals surface area (Å²) in [6, 6.07) is 8.71. The zero-order valence-corrected chi connectivity index (χ0v) is 17.5. The number of ether oxygens (including phenoxy) is 3. The fraction of sp³-hybridized carbons (Fsp3) is 0.300. The summed E-state index contributed by atoms with van der Waals surface area (Å²) >= 11 is 1.25. The van der Waals surface area contributed by atoms with E-state index in [2.05, 4.69) is 15.5 Å². The second-order valence-electron chi connectivity index (χ2n) is 6.54. The molecule has 0 spiro atoms. The first-order valence-corrected chi connectivity index (χ1v) is 10.3. The lowest BCUT2D eigenvalue weighted by Crippen LogP contribution is -2.36. The molecule has 1 aliphatic heterocycles. The van der Waals surface area contributed by atoms with Gasteiger partial charge in [-0.1, -0.05) is 11.3 Å². The van der Waals surface area contributed by atoms with E-state index in [1.165, 1.54) is 22.5 Å². The molecule has 0 bridgehead atoms. The molecule has 2 amide bonds. The van der Waals surface area contributed by atoms with Crippen LogP contribution in [-0.4, -0.2) is 60.5 Å². The number of methoxy groups -OCH3 is 1. The lowest BCUT2D eigenvalue weighted by molar-refractivity contribution is -0.116. The highest BCUT2D eigenvalue weighted by atomic mass is 32.1. The predicted octanol–water partition coefficient (Wildman–Crippen LogP) is 2.64. The maximum Gasteiger partial charge on any atom is 0.289 e. The molecule has 2 aromatic heterocycles. The molecule has 0 saturated heterocycles. The van der Waals surface area contributed by atoms with Crippen LogP contribution in [-0.2, 0) is 9.53 Å². The Hall–Kier alpha value is -3.44. The van der Waals surface area contributed by atoms with E-state index < -0.39 is 0 Å². The van der Waals surface area contributed by atoms with E-state index in [4.69, 9.17) is 18.6 Å². The first-order valence-electron chi connectivity index (χ1n) is 9.49. The monoisotopic (exact) mass is 444 g/mol. The number of hydrogen-bond acceptors (Lipinski definition) is 9. The first-order chi connectivity index (χ1) is 15.1. The number of rotatable bonds is 9. The third-order valence-corrected chi connectivity index (χ3v) is 5.37. The van der Waals surface area contributed by atoms with Crippen molar-refractivity contribution in [3.05, 3.63) is 42.4 Å². The van der Waals surface area contributed by atoms with Gasteiger partial charge in [-0.15, -0.1) is 10.2 Å². The van der Waals surface area contributed by atoms with E-state index in [0.29, 0.717) is 34.8 Å². The Morgan fingerprint density at radius 2 is 2.06 bits per heavy atom. The number of carbonyl (C=O) groups excluding carboxylic acids is 2. The molecule has 162 valence electrons. The third-order valence-electron chi connectivity index (χ3n) is 4.48. The van der Waals surface area contributed by atoms with Gasteiger partial charge in [0.2, 0.25) is 17.8 Å². The van der Waals surface area contributed by atoms with Crippen LogP contribution >= 0.6 is 11.3 Å². The van der Waals surface area contributed by atoms with Crippen molar-refractivity contribution in [1.29, 1.82) is 0 Å². The number of aromatic nitrogens is 2. The minimum atomic E-state index is -0.296. The average Bonchev–Trinajstić information content (AvgIpc) is 3.54. The van der Waals surface area contributed by atoms with Gasteiger partial charge >= 0.3 is 0 Å². The Bertz CT molecular complexity index is 1050. The molecule has 1 aliphatic rings. The zero-order chi connectivity index (χ0) is 21.6. The van der Waals surface area contributed by atoms with E-state index in [9.17, 15) is 9.59 Å². The molecule has 3 heterocycles. The smallest absolute Gasteiger partial charge is 0.289 e. The molecular weight excluding hydrogens is 424 g/mol. The summed E-state index contributed by atoms with van der Waals surface area (Å²) in [5, 5.41) is 11.9. The van der Waals surface area contributed by atoms with Gasteiger partial charge in [-0.25, -0.2) is 0 Å². The molecule has 1 N–H and O–H groups in total. The zero-order valence-electron chi connectivity index (χ0n) is 16.7. The molecule has 0 fully saturated rings. The number of carbonyl (C=O) groups is 2. The second-order valence-corrected chi connectivity index (χ2v) is 7.52. The summed E-state index contributed by atoms with van der Waals surface area (Å²) in [5.41, 5.74) is 0.817. The van der Waals surface area contributed by atoms with Crippen LogP contribution in [0.1, 0.15) is 17.0 Å². The number of anilines is 1. The quantitative estimate of drug-likeness (QED) is 0.535. The van der Waals surface area contributed by atoms with Gasteiger partial charge in [0.05, 0.1) is 12.9 Å². The van der Waals surface area contributed by atoms with Crippen LogP contribution in [0.3, 0.4) is 0 Å². The van der Waals surface area contributed by atoms with Gasteiger partial charge < -0.3 is 28.8 Å². The van der Waals surface area contributed by atoms with Gasteiger partial charge in [0, 0.05) is 32.2 Å². The van der Waals surface area contributed by atoms with Crippen molar-refractivity contribution in [2.75, 3.05) is 38.9 Å². The molecule has 10 nitrogen and oxygen atoms in total. The van der Waals surface area contributed by atoms with Crippen molar-refractivity contribution in [2.24, 2.45) is 0 Å². The first kappa shape index (κ1) is 20.8. The number of nitrogens with one attached hydrogen (secondary N) is 1. The van der Waals surface area contributed by atoms with E-state index in [-0.39, 0.29) is 37.3 Å². The van der Waals surface area contributed by atoms with Crippen LogP contribution in [0.25, 0.3) is 10.6 Å². The molecule has 3 aromatic rings. The van der Waals surface area contributed by atoms with E-state index in [1.54, 1.807) is 19.2 Å². The normalized spacial score (nSPS) is 12.0. The van der Waals surface area contributed by atoms with E-state index in [0.717, 1.165) is 5.56 Å². The number of hydrogen-bond donors (Lipinski definition) is 1. The molecular formula is C20H20N4O6S. The molecule has 0 aliphatic carbocycles. The van der Waals surface area contributed by atoms with Gasteiger partial charge in [-0.2, -0.15) is 0 Å². The van der Waals surface area contributed by atoms with Crippen LogP contribution in [0, 0.1) is 0 Å². The summed E-state index contributed by atoms with van der Waals surface area (Å²) < 4.78 is 20.9. The summed E-state index contributed by atoms with van der Waals surface area (Å²) in [6.07, 6.45) is 1.52. The highest BCUT2D eigenvalue weighted by Gasteiger charge is 2.20. The number of benzene rings is 1. The highest BCUT2D eigenvalue weighted by molar-refractivity contribution is 7.18. The highest BCUT2D eigenvalue weighted by Crippen LogP contribution is 2.37. The molecule has 1 aromatic carbocycles. The Kier molecular flexibility index (Phi) is 6.43. The molecule has 0 saturated carbocycles. The maximum absolute atomic E-state index is 12.5. The summed E-state index contributed by atoms with van der Waals surface area (Å²) in [7, 11) is 1.55. The molecule has 4 rings (SSSR count). The fourth-order valence-corrected chi connectivity index (χ4v) is 3.67. The minimum absolute atomic E-state index is 0.0924. The number of fused-ring (bicyclic) bond motifs is 1. The van der Waals surface area contributed by atoms with Gasteiger partial charge in [0.25, 0.3) is 5.91 Å². The molecule has 0 atom stereocenters. The lowest BCUT2D eigenvalue weighted by atomic mass is 10.2. The minimum Gasteiger partial charge on any atom is -0.459 e.